The molecule has 3 aromatic carbocycles. The number of amides is 1. The number of ether oxygens (including phenoxy) is 1. The van der Waals surface area contributed by atoms with Gasteiger partial charge in [0.25, 0.3) is 0 Å². The molecule has 0 N–H and O–H groups in total. The normalized spacial score (nSPS) is 17.1. The predicted molar refractivity (Wildman–Crippen MR) is 130 cm³/mol. The lowest BCUT2D eigenvalue weighted by Crippen LogP contribution is -2.32. The molecule has 0 aromatic heterocycles. The maximum atomic E-state index is 13.4. The van der Waals surface area contributed by atoms with E-state index in [2.05, 4.69) is 0 Å². The minimum atomic E-state index is -0.534. The molecular weight excluding hydrogens is 420 g/mol. The van der Waals surface area contributed by atoms with Crippen LogP contribution in [-0.2, 0) is 4.79 Å². The second-order valence-electron chi connectivity index (χ2n) is 7.71. The van der Waals surface area contributed by atoms with Gasteiger partial charge in [-0.25, -0.2) is 4.99 Å². The number of thioether (sulfide) groups is 1. The molecule has 0 spiro atoms. The molecule has 1 atom stereocenters. The van der Waals surface area contributed by atoms with E-state index in [0.29, 0.717) is 16.5 Å². The van der Waals surface area contributed by atoms with E-state index in [9.17, 15) is 9.59 Å². The highest BCUT2D eigenvalue weighted by Crippen LogP contribution is 2.36. The quantitative estimate of drug-likeness (QED) is 0.456. The zero-order valence-electron chi connectivity index (χ0n) is 18.2. The van der Waals surface area contributed by atoms with Crippen molar-refractivity contribution in [2.45, 2.75) is 25.5 Å². The fourth-order valence-electron chi connectivity index (χ4n) is 3.55. The highest BCUT2D eigenvalue weighted by Gasteiger charge is 2.40. The highest BCUT2D eigenvalue weighted by molar-refractivity contribution is 8.16. The lowest BCUT2D eigenvalue weighted by molar-refractivity contribution is -0.116. The van der Waals surface area contributed by atoms with E-state index in [1.165, 1.54) is 11.8 Å². The van der Waals surface area contributed by atoms with Crippen LogP contribution in [0.1, 0.15) is 27.9 Å². The topological polar surface area (TPSA) is 59.0 Å². The van der Waals surface area contributed by atoms with E-state index in [4.69, 9.17) is 9.73 Å². The van der Waals surface area contributed by atoms with Gasteiger partial charge in [-0.1, -0.05) is 36.0 Å². The van der Waals surface area contributed by atoms with Crippen molar-refractivity contribution in [3.63, 3.8) is 0 Å². The standard InChI is InChI=1S/C26H24N2O3S/c1-17-6-4-8-20(14-17)27-26-28(21-9-5-7-18(2)15-21)25(30)24(32-26)16-23(29)19-10-12-22(31-3)13-11-19/h4-15,24H,16H2,1-3H3. The van der Waals surface area contributed by atoms with Crippen LogP contribution in [0, 0.1) is 13.8 Å². The minimum Gasteiger partial charge on any atom is -0.497 e. The van der Waals surface area contributed by atoms with Crippen LogP contribution >= 0.6 is 11.8 Å². The number of methoxy groups -OCH3 is 1. The van der Waals surface area contributed by atoms with Crippen molar-refractivity contribution in [3.05, 3.63) is 89.5 Å². The molecule has 0 radical (unpaired) electrons. The van der Waals surface area contributed by atoms with Crippen molar-refractivity contribution in [3.8, 4) is 5.75 Å². The Morgan fingerprint density at radius 1 is 1.00 bits per heavy atom. The van der Waals surface area contributed by atoms with Gasteiger partial charge < -0.3 is 4.74 Å². The van der Waals surface area contributed by atoms with Gasteiger partial charge in [0.15, 0.2) is 11.0 Å². The summed E-state index contributed by atoms with van der Waals surface area (Å²) in [4.78, 5) is 32.7. The number of benzene rings is 3. The Labute approximate surface area is 192 Å². The first-order chi connectivity index (χ1) is 15.4. The van der Waals surface area contributed by atoms with Gasteiger partial charge in [-0.2, -0.15) is 0 Å². The molecule has 162 valence electrons. The maximum absolute atomic E-state index is 13.4. The number of hydrogen-bond donors (Lipinski definition) is 0. The van der Waals surface area contributed by atoms with Gasteiger partial charge in [0, 0.05) is 12.0 Å². The first-order valence-electron chi connectivity index (χ1n) is 10.3. The average Bonchev–Trinajstić information content (AvgIpc) is 3.08. The number of aryl methyl sites for hydroxylation is 2. The molecular formula is C26H24N2O3S. The van der Waals surface area contributed by atoms with Gasteiger partial charge in [-0.3, -0.25) is 14.5 Å². The van der Waals surface area contributed by atoms with Gasteiger partial charge in [0.1, 0.15) is 5.75 Å². The molecule has 1 aliphatic rings. The van der Waals surface area contributed by atoms with E-state index in [0.717, 1.165) is 22.5 Å². The summed E-state index contributed by atoms with van der Waals surface area (Å²) in [6.07, 6.45) is 0.102. The number of aliphatic imine (C=N–C) groups is 1. The van der Waals surface area contributed by atoms with Gasteiger partial charge in [-0.05, 0) is 73.5 Å². The number of carbonyl (C=O) groups excluding carboxylic acids is 2. The molecule has 0 bridgehead atoms. The molecule has 1 heterocycles. The van der Waals surface area contributed by atoms with Crippen molar-refractivity contribution in [2.75, 3.05) is 12.0 Å². The third-order valence-electron chi connectivity index (χ3n) is 5.20. The molecule has 0 aliphatic carbocycles. The molecule has 1 unspecified atom stereocenters. The molecule has 1 aliphatic heterocycles. The SMILES string of the molecule is COc1ccc(C(=O)CC2SC(=Nc3cccc(C)c3)N(c3cccc(C)c3)C2=O)cc1. The monoisotopic (exact) mass is 444 g/mol. The Morgan fingerprint density at radius 2 is 1.69 bits per heavy atom. The van der Waals surface area contributed by atoms with Crippen LogP contribution in [0.2, 0.25) is 0 Å². The maximum Gasteiger partial charge on any atom is 0.247 e. The average molecular weight is 445 g/mol. The van der Waals surface area contributed by atoms with Crippen molar-refractivity contribution >= 4 is 40.0 Å². The molecule has 1 saturated heterocycles. The Kier molecular flexibility index (Phi) is 6.42. The second-order valence-corrected chi connectivity index (χ2v) is 8.88. The first-order valence-corrected chi connectivity index (χ1v) is 11.2. The Morgan fingerprint density at radius 3 is 2.34 bits per heavy atom. The first kappa shape index (κ1) is 21.8. The zero-order chi connectivity index (χ0) is 22.7. The van der Waals surface area contributed by atoms with Crippen LogP contribution in [0.3, 0.4) is 0 Å². The largest absolute Gasteiger partial charge is 0.497 e. The van der Waals surface area contributed by atoms with E-state index in [1.54, 1.807) is 36.3 Å². The van der Waals surface area contributed by atoms with E-state index >= 15 is 0 Å². The summed E-state index contributed by atoms with van der Waals surface area (Å²) in [6, 6.07) is 22.5. The van der Waals surface area contributed by atoms with Crippen LogP contribution < -0.4 is 9.64 Å². The van der Waals surface area contributed by atoms with Gasteiger partial charge >= 0.3 is 0 Å². The summed E-state index contributed by atoms with van der Waals surface area (Å²) in [5.74, 6) is 0.472. The summed E-state index contributed by atoms with van der Waals surface area (Å²) in [5.41, 5.74) is 4.24. The lowest BCUT2D eigenvalue weighted by Gasteiger charge is -2.17. The van der Waals surface area contributed by atoms with Crippen molar-refractivity contribution in [1.82, 2.24) is 0 Å². The molecule has 0 saturated carbocycles. The summed E-state index contributed by atoms with van der Waals surface area (Å²) in [5, 5.41) is 0.0485. The second kappa shape index (κ2) is 9.40. The fraction of sp³-hybridized carbons (Fsp3) is 0.192. The fourth-order valence-corrected chi connectivity index (χ4v) is 4.70. The molecule has 3 aromatic rings. The van der Waals surface area contributed by atoms with Gasteiger partial charge in [0.2, 0.25) is 5.91 Å². The van der Waals surface area contributed by atoms with Crippen molar-refractivity contribution in [2.24, 2.45) is 4.99 Å². The molecule has 5 nitrogen and oxygen atoms in total. The van der Waals surface area contributed by atoms with Gasteiger partial charge in [-0.15, -0.1) is 0 Å². The summed E-state index contributed by atoms with van der Waals surface area (Å²) in [6.45, 7) is 3.99. The number of rotatable bonds is 6. The molecule has 4 rings (SSSR count). The number of Topliss-reactive ketones (excluding diaryl/α,β-unsaturated/α-hetero) is 1. The van der Waals surface area contributed by atoms with Crippen LogP contribution in [0.5, 0.6) is 5.75 Å². The summed E-state index contributed by atoms with van der Waals surface area (Å²) >= 11 is 1.34. The number of amidine groups is 1. The Balaban J connectivity index is 1.64. The number of hydrogen-bond acceptors (Lipinski definition) is 5. The predicted octanol–water partition coefficient (Wildman–Crippen LogP) is 5.72. The molecule has 6 heteroatoms. The Hall–Kier alpha value is -3.38. The van der Waals surface area contributed by atoms with Crippen LogP contribution in [-0.4, -0.2) is 29.2 Å². The smallest absolute Gasteiger partial charge is 0.247 e. The van der Waals surface area contributed by atoms with E-state index in [-0.39, 0.29) is 18.1 Å². The summed E-state index contributed by atoms with van der Waals surface area (Å²) < 4.78 is 5.16. The summed E-state index contributed by atoms with van der Waals surface area (Å²) in [7, 11) is 1.58. The van der Waals surface area contributed by atoms with E-state index < -0.39 is 5.25 Å². The minimum absolute atomic E-state index is 0.0838. The number of carbonyl (C=O) groups is 2. The van der Waals surface area contributed by atoms with Gasteiger partial charge in [0.05, 0.1) is 23.7 Å². The number of ketones is 1. The van der Waals surface area contributed by atoms with Crippen LogP contribution in [0.25, 0.3) is 0 Å². The van der Waals surface area contributed by atoms with Crippen molar-refractivity contribution < 1.29 is 14.3 Å². The van der Waals surface area contributed by atoms with Crippen molar-refractivity contribution in [1.29, 1.82) is 0 Å². The van der Waals surface area contributed by atoms with E-state index in [1.807, 2.05) is 62.4 Å². The molecule has 32 heavy (non-hydrogen) atoms. The Bertz CT molecular complexity index is 1190. The van der Waals surface area contributed by atoms with Crippen LogP contribution in [0.15, 0.2) is 77.8 Å². The molecule has 1 fully saturated rings. The van der Waals surface area contributed by atoms with Crippen LogP contribution in [0.4, 0.5) is 11.4 Å². The molecule has 1 amide bonds. The number of anilines is 1. The third kappa shape index (κ3) is 4.75. The zero-order valence-corrected chi connectivity index (χ0v) is 19.1. The third-order valence-corrected chi connectivity index (χ3v) is 6.34. The highest BCUT2D eigenvalue weighted by atomic mass is 32.2. The number of nitrogens with zero attached hydrogens (tertiary/aromatic N) is 2. The lowest BCUT2D eigenvalue weighted by atomic mass is 10.1.